The summed E-state index contributed by atoms with van der Waals surface area (Å²) in [5.41, 5.74) is -1.21. The Bertz CT molecular complexity index is 1560. The van der Waals surface area contributed by atoms with Gasteiger partial charge in [-0.25, -0.2) is 31.7 Å². The smallest absolute Gasteiger partial charge is 0.338 e. The van der Waals surface area contributed by atoms with Crippen molar-refractivity contribution in [3.63, 3.8) is 0 Å². The summed E-state index contributed by atoms with van der Waals surface area (Å²) in [6.45, 7) is 4.94. The molecular weight excluding hydrogens is 625 g/mol. The number of likely N-dealkylation sites (tertiary alicyclic amines) is 1. The fourth-order valence-electron chi connectivity index (χ4n) is 5.61. The molecule has 0 saturated carbocycles. The van der Waals surface area contributed by atoms with E-state index in [1.165, 1.54) is 37.0 Å². The molecule has 3 aliphatic heterocycles. The third kappa shape index (κ3) is 6.33. The zero-order chi connectivity index (χ0) is 32.8. The Morgan fingerprint density at radius 1 is 1.24 bits per heavy atom. The molecule has 2 aromatic rings. The van der Waals surface area contributed by atoms with E-state index in [1.54, 1.807) is 12.3 Å². The molecule has 2 N–H and O–H groups in total. The molecule has 0 spiro atoms. The third-order valence-electron chi connectivity index (χ3n) is 8.10. The van der Waals surface area contributed by atoms with E-state index in [-0.39, 0.29) is 49.8 Å². The number of hydrogen-bond acceptors (Lipinski definition) is 10. The van der Waals surface area contributed by atoms with E-state index in [9.17, 15) is 23.5 Å². The number of aromatic nitrogens is 1. The standard InChI is InChI=1S/C29H32F5N5O5S/c1-5-43-26(40)19-17(10-38-13-29(33,34)23-18(38)11-44-39(23)9-8-28(3,4)27(41)42)36-24(25-35-14(2)12-45-25)37-22(19)15-6-7-16(30)21(32)20(15)31/h6-7,12,18,22-23H,5,8-11,13H2,1-4H3,(H,36,37)(H,41,42)/t18?,22-,23-/m0/s1. The molecule has 16 heteroatoms. The molecule has 0 radical (unpaired) electrons. The highest BCUT2D eigenvalue weighted by molar-refractivity contribution is 7.11. The SMILES string of the molecule is CCOC(=O)C1=C(CN2CC(F)(F)[C@@H]3C2CON3CCC(C)(C)C(=O)O)NC(c2nc(C)cs2)=N[C@H]1c1ccc(F)c(F)c1F. The highest BCUT2D eigenvalue weighted by Crippen LogP contribution is 2.42. The summed E-state index contributed by atoms with van der Waals surface area (Å²) in [6.07, 6.45) is 0.0515. The van der Waals surface area contributed by atoms with Crippen LogP contribution in [0.3, 0.4) is 0 Å². The minimum atomic E-state index is -3.29. The molecule has 5 rings (SSSR count). The third-order valence-corrected chi connectivity index (χ3v) is 9.07. The average molecular weight is 658 g/mol. The Morgan fingerprint density at radius 3 is 2.62 bits per heavy atom. The van der Waals surface area contributed by atoms with E-state index in [0.717, 1.165) is 11.1 Å². The van der Waals surface area contributed by atoms with Gasteiger partial charge >= 0.3 is 11.9 Å². The minimum Gasteiger partial charge on any atom is -0.481 e. The van der Waals surface area contributed by atoms with Crippen LogP contribution in [0, 0.1) is 29.8 Å². The Morgan fingerprint density at radius 2 is 1.98 bits per heavy atom. The van der Waals surface area contributed by atoms with Gasteiger partial charge in [-0.2, -0.15) is 5.06 Å². The number of carboxylic acids is 1. The van der Waals surface area contributed by atoms with Gasteiger partial charge in [0.2, 0.25) is 0 Å². The molecule has 2 fully saturated rings. The number of carboxylic acid groups (broad SMARTS) is 1. The number of halogens is 5. The second kappa shape index (κ2) is 12.4. The highest BCUT2D eigenvalue weighted by Gasteiger charge is 2.61. The molecule has 45 heavy (non-hydrogen) atoms. The maximum absolute atomic E-state index is 15.6. The quantitative estimate of drug-likeness (QED) is 0.220. The van der Waals surface area contributed by atoms with Gasteiger partial charge in [0, 0.05) is 35.4 Å². The van der Waals surface area contributed by atoms with Crippen molar-refractivity contribution in [3.8, 4) is 0 Å². The van der Waals surface area contributed by atoms with Gasteiger partial charge in [-0.3, -0.25) is 19.5 Å². The molecular formula is C29H32F5N5O5S. The van der Waals surface area contributed by atoms with Crippen LogP contribution >= 0.6 is 11.3 Å². The highest BCUT2D eigenvalue weighted by atomic mass is 32.1. The molecule has 0 amide bonds. The number of nitrogens with one attached hydrogen (secondary N) is 1. The monoisotopic (exact) mass is 657 g/mol. The molecule has 1 unspecified atom stereocenters. The van der Waals surface area contributed by atoms with E-state index < -0.39 is 71.0 Å². The van der Waals surface area contributed by atoms with Crippen LogP contribution < -0.4 is 5.32 Å². The number of alkyl halides is 2. The van der Waals surface area contributed by atoms with Crippen LogP contribution in [-0.4, -0.2) is 88.7 Å². The number of hydroxylamine groups is 2. The van der Waals surface area contributed by atoms with Gasteiger partial charge in [-0.1, -0.05) is 6.07 Å². The topological polar surface area (TPSA) is 117 Å². The fraction of sp³-hybridized carbons (Fsp3) is 0.517. The van der Waals surface area contributed by atoms with Crippen LogP contribution in [0.2, 0.25) is 0 Å². The van der Waals surface area contributed by atoms with E-state index in [4.69, 9.17) is 9.57 Å². The molecule has 1 aromatic carbocycles. The number of carbonyl (C=O) groups is 2. The van der Waals surface area contributed by atoms with Gasteiger partial charge < -0.3 is 15.2 Å². The number of fused-ring (bicyclic) bond motifs is 1. The summed E-state index contributed by atoms with van der Waals surface area (Å²) in [6, 6.07) is -2.12. The first kappa shape index (κ1) is 32.9. The van der Waals surface area contributed by atoms with Crippen LogP contribution in [0.25, 0.3) is 0 Å². The lowest BCUT2D eigenvalue weighted by molar-refractivity contribution is -0.186. The molecule has 244 valence electrons. The number of aryl methyl sites for hydroxylation is 1. The number of thiazole rings is 1. The lowest BCUT2D eigenvalue weighted by atomic mass is 9.89. The van der Waals surface area contributed by atoms with Crippen molar-refractivity contribution in [1.29, 1.82) is 0 Å². The molecule has 1 aromatic heterocycles. The number of nitrogens with zero attached hydrogens (tertiary/aromatic N) is 4. The van der Waals surface area contributed by atoms with Crippen LogP contribution in [0.1, 0.15) is 49.5 Å². The van der Waals surface area contributed by atoms with Crippen LogP contribution in [0.4, 0.5) is 22.0 Å². The minimum absolute atomic E-state index is 0.0438. The summed E-state index contributed by atoms with van der Waals surface area (Å²) in [5.74, 6) is -9.98. The Balaban J connectivity index is 1.53. The Labute approximate surface area is 259 Å². The van der Waals surface area contributed by atoms with Crippen LogP contribution in [0.5, 0.6) is 0 Å². The summed E-state index contributed by atoms with van der Waals surface area (Å²) < 4.78 is 79.9. The maximum Gasteiger partial charge on any atom is 0.338 e. The number of benzene rings is 1. The predicted octanol–water partition coefficient (Wildman–Crippen LogP) is 4.21. The number of aliphatic carboxylic acids is 1. The van der Waals surface area contributed by atoms with Gasteiger partial charge in [0.25, 0.3) is 5.92 Å². The van der Waals surface area contributed by atoms with Crippen molar-refractivity contribution < 1.29 is 46.2 Å². The lowest BCUT2D eigenvalue weighted by Gasteiger charge is -2.30. The molecule has 10 nitrogen and oxygen atoms in total. The van der Waals surface area contributed by atoms with E-state index in [1.807, 2.05) is 0 Å². The van der Waals surface area contributed by atoms with Crippen LogP contribution in [0.15, 0.2) is 33.8 Å². The number of hydrogen-bond donors (Lipinski definition) is 2. The van der Waals surface area contributed by atoms with Gasteiger partial charge in [0.15, 0.2) is 28.3 Å². The zero-order valence-electron chi connectivity index (χ0n) is 24.9. The van der Waals surface area contributed by atoms with Gasteiger partial charge in [-0.05, 0) is 40.2 Å². The first-order valence-corrected chi connectivity index (χ1v) is 15.1. The molecule has 3 atom stereocenters. The Kier molecular flexibility index (Phi) is 9.05. The first-order chi connectivity index (χ1) is 21.1. The van der Waals surface area contributed by atoms with Crippen molar-refractivity contribution in [2.24, 2.45) is 10.4 Å². The fourth-order valence-corrected chi connectivity index (χ4v) is 6.36. The predicted molar refractivity (Wildman–Crippen MR) is 152 cm³/mol. The van der Waals surface area contributed by atoms with Gasteiger partial charge in [-0.15, -0.1) is 11.3 Å². The number of ether oxygens (including phenoxy) is 1. The maximum atomic E-state index is 15.6. The van der Waals surface area contributed by atoms with E-state index in [0.29, 0.717) is 16.8 Å². The van der Waals surface area contributed by atoms with E-state index in [2.05, 4.69) is 15.3 Å². The number of amidine groups is 1. The lowest BCUT2D eigenvalue weighted by Crippen LogP contribution is -2.46. The molecule has 2 saturated heterocycles. The summed E-state index contributed by atoms with van der Waals surface area (Å²) in [7, 11) is 0. The van der Waals surface area contributed by atoms with Gasteiger partial charge in [0.1, 0.15) is 12.1 Å². The van der Waals surface area contributed by atoms with Gasteiger partial charge in [0.05, 0.1) is 36.8 Å². The van der Waals surface area contributed by atoms with Crippen LogP contribution in [-0.2, 0) is 19.2 Å². The average Bonchev–Trinajstić information content (AvgIpc) is 3.67. The second-order valence-corrected chi connectivity index (χ2v) is 12.6. The number of rotatable bonds is 10. The van der Waals surface area contributed by atoms with Crippen molar-refractivity contribution in [1.82, 2.24) is 20.3 Å². The zero-order valence-corrected chi connectivity index (χ0v) is 25.7. The molecule has 0 bridgehead atoms. The van der Waals surface area contributed by atoms with Crippen molar-refractivity contribution in [2.45, 2.75) is 58.2 Å². The Hall–Kier alpha value is -3.47. The molecule has 0 aliphatic carbocycles. The van der Waals surface area contributed by atoms with E-state index >= 15 is 13.2 Å². The normalized spacial score (nSPS) is 23.6. The second-order valence-electron chi connectivity index (χ2n) is 11.7. The summed E-state index contributed by atoms with van der Waals surface area (Å²) >= 11 is 1.18. The van der Waals surface area contributed by atoms with Crippen molar-refractivity contribution in [2.75, 3.05) is 32.8 Å². The number of esters is 1. The largest absolute Gasteiger partial charge is 0.481 e. The molecule has 4 heterocycles. The van der Waals surface area contributed by atoms with Crippen molar-refractivity contribution >= 4 is 29.1 Å². The van der Waals surface area contributed by atoms with Crippen molar-refractivity contribution in [3.05, 3.63) is 62.5 Å². The number of carbonyl (C=O) groups excluding carboxylic acids is 1. The summed E-state index contributed by atoms with van der Waals surface area (Å²) in [5, 5.41) is 15.6. The molecule has 3 aliphatic rings. The number of aliphatic imine (C=N–C) groups is 1. The summed E-state index contributed by atoms with van der Waals surface area (Å²) in [4.78, 5) is 40.8. The first-order valence-electron chi connectivity index (χ1n) is 14.2.